The third-order valence-corrected chi connectivity index (χ3v) is 4.03. The number of carbonyl (C=O) groups excluding carboxylic acids is 2. The minimum absolute atomic E-state index is 0.148. The first-order chi connectivity index (χ1) is 10.8. The molecule has 1 aliphatic rings. The number of carbonyl (C=O) groups is 2. The first kappa shape index (κ1) is 16.4. The standard InChI is InChI=1S/C20H24O2/c1-2-3-4-5-6-7-8-9-10-15-18-19(21)16-13-11-12-14-17(16)20(18)22/h9-15H,2-8H2,1H3. The van der Waals surface area contributed by atoms with Crippen LogP contribution in [0.1, 0.15) is 72.6 Å². The van der Waals surface area contributed by atoms with Crippen LogP contribution in [-0.2, 0) is 0 Å². The fourth-order valence-electron chi connectivity index (χ4n) is 2.73. The van der Waals surface area contributed by atoms with Gasteiger partial charge in [0.25, 0.3) is 0 Å². The number of rotatable bonds is 8. The molecule has 0 aliphatic heterocycles. The van der Waals surface area contributed by atoms with E-state index in [9.17, 15) is 9.59 Å². The largest absolute Gasteiger partial charge is 0.288 e. The zero-order chi connectivity index (χ0) is 15.8. The Labute approximate surface area is 132 Å². The summed E-state index contributed by atoms with van der Waals surface area (Å²) in [6, 6.07) is 7.02. The number of unbranched alkanes of at least 4 members (excludes halogenated alkanes) is 6. The van der Waals surface area contributed by atoms with Crippen LogP contribution in [0.4, 0.5) is 0 Å². The normalized spacial score (nSPS) is 14.0. The Kier molecular flexibility index (Phi) is 6.32. The fraction of sp³-hybridized carbons (Fsp3) is 0.400. The number of benzene rings is 1. The molecule has 0 unspecified atom stereocenters. The first-order valence-corrected chi connectivity index (χ1v) is 8.31. The molecule has 1 aromatic rings. The molecule has 0 radical (unpaired) electrons. The summed E-state index contributed by atoms with van der Waals surface area (Å²) in [5.74, 6) is -0.297. The monoisotopic (exact) mass is 296 g/mol. The molecule has 116 valence electrons. The molecule has 0 spiro atoms. The second-order valence-electron chi connectivity index (χ2n) is 5.77. The number of hydrogen-bond acceptors (Lipinski definition) is 2. The van der Waals surface area contributed by atoms with Crippen molar-refractivity contribution in [2.45, 2.75) is 51.9 Å². The third-order valence-electron chi connectivity index (χ3n) is 4.03. The fourth-order valence-corrected chi connectivity index (χ4v) is 2.73. The van der Waals surface area contributed by atoms with Gasteiger partial charge in [-0.2, -0.15) is 0 Å². The van der Waals surface area contributed by atoms with E-state index in [2.05, 4.69) is 13.0 Å². The second-order valence-corrected chi connectivity index (χ2v) is 5.77. The van der Waals surface area contributed by atoms with E-state index in [0.717, 1.165) is 6.42 Å². The topological polar surface area (TPSA) is 34.1 Å². The number of Topliss-reactive ketones (excluding diaryl/α,β-unsaturated/α-hetero) is 2. The average molecular weight is 296 g/mol. The van der Waals surface area contributed by atoms with Crippen molar-refractivity contribution in [1.29, 1.82) is 0 Å². The minimum Gasteiger partial charge on any atom is -0.288 e. The van der Waals surface area contributed by atoms with Crippen molar-refractivity contribution >= 4 is 11.6 Å². The SMILES string of the molecule is CCCCCCCCC=CC=C1C(=O)c2ccccc2C1=O. The Bertz CT molecular complexity index is 556. The second kappa shape index (κ2) is 8.47. The number of allylic oxidation sites excluding steroid dienone is 4. The van der Waals surface area contributed by atoms with Gasteiger partial charge < -0.3 is 0 Å². The molecule has 0 saturated carbocycles. The molecule has 0 heterocycles. The number of hydrogen-bond donors (Lipinski definition) is 0. The van der Waals surface area contributed by atoms with E-state index < -0.39 is 0 Å². The van der Waals surface area contributed by atoms with E-state index in [1.54, 1.807) is 30.3 Å². The van der Waals surface area contributed by atoms with Crippen molar-refractivity contribution < 1.29 is 9.59 Å². The summed E-state index contributed by atoms with van der Waals surface area (Å²) >= 11 is 0. The van der Waals surface area contributed by atoms with Crippen LogP contribution in [0.3, 0.4) is 0 Å². The molecule has 0 saturated heterocycles. The molecular formula is C20H24O2. The summed E-state index contributed by atoms with van der Waals surface area (Å²) in [6.07, 6.45) is 14.2. The molecule has 0 atom stereocenters. The quantitative estimate of drug-likeness (QED) is 0.370. The molecule has 22 heavy (non-hydrogen) atoms. The highest BCUT2D eigenvalue weighted by Crippen LogP contribution is 2.25. The molecule has 0 bridgehead atoms. The third kappa shape index (κ3) is 4.03. The summed E-state index contributed by atoms with van der Waals surface area (Å²) in [5, 5.41) is 0. The highest BCUT2D eigenvalue weighted by molar-refractivity contribution is 6.39. The van der Waals surface area contributed by atoms with E-state index in [1.165, 1.54) is 38.5 Å². The minimum atomic E-state index is -0.148. The van der Waals surface area contributed by atoms with Gasteiger partial charge in [0.2, 0.25) is 0 Å². The summed E-state index contributed by atoms with van der Waals surface area (Å²) < 4.78 is 0. The Morgan fingerprint density at radius 3 is 2.09 bits per heavy atom. The molecule has 2 nitrogen and oxygen atoms in total. The lowest BCUT2D eigenvalue weighted by Crippen LogP contribution is -1.99. The highest BCUT2D eigenvalue weighted by atomic mass is 16.2. The first-order valence-electron chi connectivity index (χ1n) is 8.31. The van der Waals surface area contributed by atoms with Crippen molar-refractivity contribution in [2.24, 2.45) is 0 Å². The van der Waals surface area contributed by atoms with Gasteiger partial charge >= 0.3 is 0 Å². The maximum atomic E-state index is 12.2. The molecule has 2 heteroatoms. The van der Waals surface area contributed by atoms with Crippen molar-refractivity contribution in [3.63, 3.8) is 0 Å². The summed E-state index contributed by atoms with van der Waals surface area (Å²) in [5.41, 5.74) is 1.35. The van der Waals surface area contributed by atoms with E-state index in [-0.39, 0.29) is 11.6 Å². The van der Waals surface area contributed by atoms with Crippen molar-refractivity contribution in [2.75, 3.05) is 0 Å². The van der Waals surface area contributed by atoms with Crippen molar-refractivity contribution in [1.82, 2.24) is 0 Å². The Morgan fingerprint density at radius 2 is 1.45 bits per heavy atom. The van der Waals surface area contributed by atoms with Crippen LogP contribution < -0.4 is 0 Å². The zero-order valence-electron chi connectivity index (χ0n) is 13.3. The Balaban J connectivity index is 1.81. The molecule has 0 aromatic heterocycles. The molecular weight excluding hydrogens is 272 g/mol. The average Bonchev–Trinajstić information content (AvgIpc) is 2.78. The van der Waals surface area contributed by atoms with Crippen molar-refractivity contribution in [3.8, 4) is 0 Å². The maximum absolute atomic E-state index is 12.2. The van der Waals surface area contributed by atoms with Gasteiger partial charge in [0.1, 0.15) is 0 Å². The lowest BCUT2D eigenvalue weighted by Gasteiger charge is -1.97. The molecule has 1 aliphatic carbocycles. The van der Waals surface area contributed by atoms with Gasteiger partial charge in [-0.1, -0.05) is 75.4 Å². The number of fused-ring (bicyclic) bond motifs is 1. The van der Waals surface area contributed by atoms with Gasteiger partial charge in [-0.3, -0.25) is 9.59 Å². The lowest BCUT2D eigenvalue weighted by atomic mass is 10.1. The van der Waals surface area contributed by atoms with Gasteiger partial charge in [0.15, 0.2) is 11.6 Å². The van der Waals surface area contributed by atoms with Crippen molar-refractivity contribution in [3.05, 3.63) is 59.2 Å². The molecule has 0 fully saturated rings. The predicted octanol–water partition coefficient (Wildman–Crippen LogP) is 5.30. The van der Waals surface area contributed by atoms with Gasteiger partial charge in [0, 0.05) is 11.1 Å². The van der Waals surface area contributed by atoms with Crippen LogP contribution in [-0.4, -0.2) is 11.6 Å². The summed E-state index contributed by atoms with van der Waals surface area (Å²) in [7, 11) is 0. The Morgan fingerprint density at radius 1 is 0.864 bits per heavy atom. The van der Waals surface area contributed by atoms with E-state index >= 15 is 0 Å². The Hall–Kier alpha value is -1.96. The maximum Gasteiger partial charge on any atom is 0.197 e. The van der Waals surface area contributed by atoms with Crippen LogP contribution in [0.2, 0.25) is 0 Å². The molecule has 2 rings (SSSR count). The summed E-state index contributed by atoms with van der Waals surface area (Å²) in [4.78, 5) is 24.3. The van der Waals surface area contributed by atoms with Gasteiger partial charge in [0.05, 0.1) is 5.57 Å². The van der Waals surface area contributed by atoms with E-state index in [4.69, 9.17) is 0 Å². The molecule has 0 amide bonds. The van der Waals surface area contributed by atoms with Crippen LogP contribution in [0.5, 0.6) is 0 Å². The predicted molar refractivity (Wildman–Crippen MR) is 90.3 cm³/mol. The summed E-state index contributed by atoms with van der Waals surface area (Å²) in [6.45, 7) is 2.22. The number of ketones is 2. The van der Waals surface area contributed by atoms with E-state index in [0.29, 0.717) is 16.7 Å². The van der Waals surface area contributed by atoms with Crippen LogP contribution in [0, 0.1) is 0 Å². The smallest absolute Gasteiger partial charge is 0.197 e. The van der Waals surface area contributed by atoms with Gasteiger partial charge in [-0.25, -0.2) is 0 Å². The zero-order valence-corrected chi connectivity index (χ0v) is 13.3. The van der Waals surface area contributed by atoms with Crippen LogP contribution in [0.25, 0.3) is 0 Å². The lowest BCUT2D eigenvalue weighted by molar-refractivity contribution is 0.0989. The van der Waals surface area contributed by atoms with Crippen LogP contribution in [0.15, 0.2) is 48.1 Å². The van der Waals surface area contributed by atoms with Crippen LogP contribution >= 0.6 is 0 Å². The van der Waals surface area contributed by atoms with Gasteiger partial charge in [-0.15, -0.1) is 0 Å². The molecule has 1 aromatic carbocycles. The van der Waals surface area contributed by atoms with Gasteiger partial charge in [-0.05, 0) is 18.9 Å². The van der Waals surface area contributed by atoms with E-state index in [1.807, 2.05) is 6.08 Å². The highest BCUT2D eigenvalue weighted by Gasteiger charge is 2.31. The molecule has 0 N–H and O–H groups in total.